The van der Waals surface area contributed by atoms with Crippen LogP contribution in [0, 0.1) is 6.92 Å². The molecule has 0 bridgehead atoms. The van der Waals surface area contributed by atoms with Crippen molar-refractivity contribution in [1.29, 1.82) is 0 Å². The second kappa shape index (κ2) is 4.82. The number of amides is 1. The fraction of sp³-hybridized carbons (Fsp3) is 0.333. The van der Waals surface area contributed by atoms with Crippen LogP contribution in [0.15, 0.2) is 24.4 Å². The molecule has 2 aromatic rings. The van der Waals surface area contributed by atoms with Crippen LogP contribution in [0.2, 0.25) is 5.02 Å². The quantitative estimate of drug-likeness (QED) is 0.798. The van der Waals surface area contributed by atoms with Gasteiger partial charge in [-0.2, -0.15) is 0 Å². The number of halogens is 1. The smallest absolute Gasteiger partial charge is 0.254 e. The van der Waals surface area contributed by atoms with Crippen LogP contribution in [0.4, 0.5) is 0 Å². The molecule has 0 aliphatic carbocycles. The summed E-state index contributed by atoms with van der Waals surface area (Å²) in [5.41, 5.74) is 2.47. The summed E-state index contributed by atoms with van der Waals surface area (Å²) in [6, 6.07) is 5.53. The van der Waals surface area contributed by atoms with Crippen molar-refractivity contribution < 1.29 is 4.79 Å². The molecule has 2 heterocycles. The summed E-state index contributed by atoms with van der Waals surface area (Å²) in [5, 5.41) is 1.58. The molecule has 1 aromatic carbocycles. The average molecular weight is 275 g/mol. The number of rotatable bonds is 1. The minimum absolute atomic E-state index is 0.110. The van der Waals surface area contributed by atoms with Crippen LogP contribution in [-0.2, 0) is 0 Å². The molecule has 1 amide bonds. The Kier molecular flexibility index (Phi) is 3.15. The maximum Gasteiger partial charge on any atom is 0.254 e. The Balaban J connectivity index is 2.10. The topological polar surface area (TPSA) is 33.2 Å². The lowest BCUT2D eigenvalue weighted by atomic mass is 10.0. The van der Waals surface area contributed by atoms with Crippen LogP contribution in [0.1, 0.15) is 28.8 Å². The Bertz CT molecular complexity index is 648. The van der Waals surface area contributed by atoms with Gasteiger partial charge >= 0.3 is 0 Å². The number of hydrogen-bond donors (Lipinski definition) is 0. The predicted octanol–water partition coefficient (Wildman–Crippen LogP) is 3.43. The van der Waals surface area contributed by atoms with E-state index in [9.17, 15) is 4.79 Å². The molecule has 1 aromatic heterocycles. The molecule has 98 valence electrons. The summed E-state index contributed by atoms with van der Waals surface area (Å²) in [7, 11) is 0. The zero-order valence-electron chi connectivity index (χ0n) is 10.8. The maximum atomic E-state index is 12.5. The zero-order valence-corrected chi connectivity index (χ0v) is 11.6. The molecule has 0 unspecified atom stereocenters. The molecule has 4 heteroatoms. The van der Waals surface area contributed by atoms with E-state index >= 15 is 0 Å². The van der Waals surface area contributed by atoms with Gasteiger partial charge in [0.1, 0.15) is 0 Å². The minimum Gasteiger partial charge on any atom is -0.339 e. The molecule has 0 N–H and O–H groups in total. The first kappa shape index (κ1) is 12.4. The van der Waals surface area contributed by atoms with Gasteiger partial charge < -0.3 is 4.90 Å². The molecule has 19 heavy (non-hydrogen) atoms. The van der Waals surface area contributed by atoms with E-state index in [1.807, 2.05) is 24.0 Å². The van der Waals surface area contributed by atoms with E-state index in [0.29, 0.717) is 5.02 Å². The van der Waals surface area contributed by atoms with E-state index in [0.717, 1.165) is 48.0 Å². The standard InChI is InChI=1S/C15H15ClN2O/c1-10-11(15(19)18-8-2-3-9-18)4-5-12-13(16)6-7-17-14(10)12/h4-7H,2-3,8-9H2,1H3. The van der Waals surface area contributed by atoms with Crippen LogP contribution < -0.4 is 0 Å². The van der Waals surface area contributed by atoms with Crippen LogP contribution in [-0.4, -0.2) is 28.9 Å². The SMILES string of the molecule is Cc1c(C(=O)N2CCCC2)ccc2c(Cl)ccnc12. The van der Waals surface area contributed by atoms with Gasteiger partial charge in [0.2, 0.25) is 0 Å². The summed E-state index contributed by atoms with van der Waals surface area (Å²) in [6.07, 6.45) is 3.88. The molecule has 1 aliphatic heterocycles. The van der Waals surface area contributed by atoms with Crippen molar-refractivity contribution in [2.45, 2.75) is 19.8 Å². The first-order valence-electron chi connectivity index (χ1n) is 6.51. The first-order valence-corrected chi connectivity index (χ1v) is 6.89. The van der Waals surface area contributed by atoms with Gasteiger partial charge in [0.05, 0.1) is 10.5 Å². The second-order valence-corrected chi connectivity index (χ2v) is 5.33. The van der Waals surface area contributed by atoms with Gasteiger partial charge in [-0.05, 0) is 37.5 Å². The Hall–Kier alpha value is -1.61. The Labute approximate surface area is 117 Å². The van der Waals surface area contributed by atoms with Gasteiger partial charge in [-0.3, -0.25) is 9.78 Å². The van der Waals surface area contributed by atoms with Gasteiger partial charge in [0.25, 0.3) is 5.91 Å². The fourth-order valence-electron chi connectivity index (χ4n) is 2.65. The third-order valence-electron chi connectivity index (χ3n) is 3.74. The van der Waals surface area contributed by atoms with E-state index in [2.05, 4.69) is 4.98 Å². The summed E-state index contributed by atoms with van der Waals surface area (Å²) in [4.78, 5) is 18.7. The second-order valence-electron chi connectivity index (χ2n) is 4.93. The Morgan fingerprint density at radius 1 is 1.26 bits per heavy atom. The highest BCUT2D eigenvalue weighted by molar-refractivity contribution is 6.35. The van der Waals surface area contributed by atoms with Gasteiger partial charge in [-0.15, -0.1) is 0 Å². The minimum atomic E-state index is 0.110. The molecule has 3 nitrogen and oxygen atoms in total. The summed E-state index contributed by atoms with van der Waals surface area (Å²) < 4.78 is 0. The number of carbonyl (C=O) groups excluding carboxylic acids is 1. The van der Waals surface area contributed by atoms with Crippen LogP contribution in [0.5, 0.6) is 0 Å². The molecule has 0 radical (unpaired) electrons. The Morgan fingerprint density at radius 2 is 2.00 bits per heavy atom. The van der Waals surface area contributed by atoms with Crippen LogP contribution >= 0.6 is 11.6 Å². The molecule has 1 saturated heterocycles. The molecule has 0 atom stereocenters. The monoisotopic (exact) mass is 274 g/mol. The largest absolute Gasteiger partial charge is 0.339 e. The van der Waals surface area contributed by atoms with Gasteiger partial charge in [-0.25, -0.2) is 0 Å². The van der Waals surface area contributed by atoms with Gasteiger partial charge in [0.15, 0.2) is 0 Å². The molecule has 0 saturated carbocycles. The molecule has 1 aliphatic rings. The van der Waals surface area contributed by atoms with E-state index in [1.165, 1.54) is 0 Å². The molecule has 1 fully saturated rings. The lowest BCUT2D eigenvalue weighted by Crippen LogP contribution is -2.28. The van der Waals surface area contributed by atoms with Crippen molar-refractivity contribution >= 4 is 28.4 Å². The van der Waals surface area contributed by atoms with Gasteiger partial charge in [0, 0.05) is 30.2 Å². The number of benzene rings is 1. The normalized spacial score (nSPS) is 15.2. The number of carbonyl (C=O) groups is 1. The van der Waals surface area contributed by atoms with Crippen molar-refractivity contribution in [3.63, 3.8) is 0 Å². The lowest BCUT2D eigenvalue weighted by molar-refractivity contribution is 0.0792. The highest BCUT2D eigenvalue weighted by Crippen LogP contribution is 2.27. The zero-order chi connectivity index (χ0) is 13.4. The average Bonchev–Trinajstić information content (AvgIpc) is 2.93. The van der Waals surface area contributed by atoms with Crippen molar-refractivity contribution in [1.82, 2.24) is 9.88 Å². The van der Waals surface area contributed by atoms with Crippen molar-refractivity contribution in [3.8, 4) is 0 Å². The third kappa shape index (κ3) is 2.08. The molecular formula is C15H15ClN2O. The third-order valence-corrected chi connectivity index (χ3v) is 4.07. The van der Waals surface area contributed by atoms with E-state index < -0.39 is 0 Å². The summed E-state index contributed by atoms with van der Waals surface area (Å²) in [6.45, 7) is 3.66. The number of nitrogens with zero attached hydrogens (tertiary/aromatic N) is 2. The summed E-state index contributed by atoms with van der Waals surface area (Å²) >= 11 is 6.15. The van der Waals surface area contributed by atoms with Gasteiger partial charge in [-0.1, -0.05) is 17.7 Å². The van der Waals surface area contributed by atoms with Crippen molar-refractivity contribution in [2.24, 2.45) is 0 Å². The Morgan fingerprint density at radius 3 is 2.74 bits per heavy atom. The highest BCUT2D eigenvalue weighted by atomic mass is 35.5. The fourth-order valence-corrected chi connectivity index (χ4v) is 2.86. The van der Waals surface area contributed by atoms with E-state index in [4.69, 9.17) is 11.6 Å². The molecular weight excluding hydrogens is 260 g/mol. The number of likely N-dealkylation sites (tertiary alicyclic amines) is 1. The number of aryl methyl sites for hydroxylation is 1. The number of pyridine rings is 1. The van der Waals surface area contributed by atoms with Crippen LogP contribution in [0.3, 0.4) is 0 Å². The van der Waals surface area contributed by atoms with Crippen molar-refractivity contribution in [2.75, 3.05) is 13.1 Å². The summed E-state index contributed by atoms with van der Waals surface area (Å²) in [5.74, 6) is 0.110. The van der Waals surface area contributed by atoms with Crippen molar-refractivity contribution in [3.05, 3.63) is 40.5 Å². The van der Waals surface area contributed by atoms with E-state index in [1.54, 1.807) is 12.3 Å². The number of aromatic nitrogens is 1. The first-order chi connectivity index (χ1) is 9.18. The molecule has 3 rings (SSSR count). The predicted molar refractivity (Wildman–Crippen MR) is 76.6 cm³/mol. The lowest BCUT2D eigenvalue weighted by Gasteiger charge is -2.17. The maximum absolute atomic E-state index is 12.5. The highest BCUT2D eigenvalue weighted by Gasteiger charge is 2.22. The number of fused-ring (bicyclic) bond motifs is 1. The van der Waals surface area contributed by atoms with Crippen LogP contribution in [0.25, 0.3) is 10.9 Å². The molecule has 0 spiro atoms. The number of hydrogen-bond acceptors (Lipinski definition) is 2. The van der Waals surface area contributed by atoms with E-state index in [-0.39, 0.29) is 5.91 Å².